The van der Waals surface area contributed by atoms with E-state index in [1.165, 1.54) is 36.4 Å². The van der Waals surface area contributed by atoms with Gasteiger partial charge in [0.05, 0.1) is 4.92 Å². The molecule has 2 aromatic rings. The molecule has 0 atom stereocenters. The molecule has 0 saturated carbocycles. The van der Waals surface area contributed by atoms with Gasteiger partial charge >= 0.3 is 12.0 Å². The van der Waals surface area contributed by atoms with Gasteiger partial charge in [-0.25, -0.2) is 9.59 Å². The summed E-state index contributed by atoms with van der Waals surface area (Å²) in [7, 11) is 0. The summed E-state index contributed by atoms with van der Waals surface area (Å²) in [6, 6.07) is 7.76. The first-order chi connectivity index (χ1) is 12.9. The molecule has 2 rings (SSSR count). The lowest BCUT2D eigenvalue weighted by atomic mass is 10.1. The number of ether oxygens (including phenoxy) is 1. The summed E-state index contributed by atoms with van der Waals surface area (Å²) in [5, 5.41) is 15.1. The summed E-state index contributed by atoms with van der Waals surface area (Å²) in [4.78, 5) is 44.9. The van der Waals surface area contributed by atoms with Gasteiger partial charge in [-0.05, 0) is 30.7 Å². The minimum absolute atomic E-state index is 0.0704. The highest BCUT2D eigenvalue weighted by Crippen LogP contribution is 2.24. The molecule has 1 heterocycles. The molecule has 0 unspecified atom stereocenters. The molecule has 0 bridgehead atoms. The Bertz CT molecular complexity index is 842. The summed E-state index contributed by atoms with van der Waals surface area (Å²) in [5.74, 6) is -1.50. The summed E-state index contributed by atoms with van der Waals surface area (Å²) < 4.78 is 10.1. The maximum atomic E-state index is 11.9. The second-order valence-electron chi connectivity index (χ2n) is 5.35. The number of hydrogen-bond acceptors (Lipinski definition) is 7. The average molecular weight is 375 g/mol. The third-order valence-electron chi connectivity index (χ3n) is 3.29. The Kier molecular flexibility index (Phi) is 6.64. The molecular formula is C17H17N3O7. The molecule has 0 radical (unpaired) electrons. The van der Waals surface area contributed by atoms with Crippen molar-refractivity contribution in [2.45, 2.75) is 13.3 Å². The Balaban J connectivity index is 1.90. The van der Waals surface area contributed by atoms with Gasteiger partial charge in [-0.3, -0.25) is 20.2 Å². The number of nitro benzene ring substituents is 1. The largest absolute Gasteiger partial charge is 0.450 e. The van der Waals surface area contributed by atoms with Crippen molar-refractivity contribution < 1.29 is 28.5 Å². The van der Waals surface area contributed by atoms with Crippen LogP contribution in [0.1, 0.15) is 23.9 Å². The van der Waals surface area contributed by atoms with Crippen LogP contribution in [0.15, 0.2) is 40.8 Å². The summed E-state index contributed by atoms with van der Waals surface area (Å²) in [6.45, 7) is 1.63. The molecule has 142 valence electrons. The monoisotopic (exact) mass is 375 g/mol. The van der Waals surface area contributed by atoms with E-state index in [-0.39, 0.29) is 11.4 Å². The predicted molar refractivity (Wildman–Crippen MR) is 92.9 cm³/mol. The second kappa shape index (κ2) is 9.13. The number of hydrogen-bond donors (Lipinski definition) is 2. The highest BCUT2D eigenvalue weighted by molar-refractivity contribution is 5.96. The molecule has 0 aliphatic carbocycles. The van der Waals surface area contributed by atoms with E-state index in [9.17, 15) is 24.5 Å². The molecule has 3 amide bonds. The van der Waals surface area contributed by atoms with Crippen molar-refractivity contribution >= 4 is 23.6 Å². The Morgan fingerprint density at radius 2 is 1.85 bits per heavy atom. The number of rotatable bonds is 7. The van der Waals surface area contributed by atoms with E-state index in [0.717, 1.165) is 0 Å². The molecule has 0 aliphatic heterocycles. The number of non-ortho nitro benzene ring substituents is 1. The Hall–Kier alpha value is -3.69. The summed E-state index contributed by atoms with van der Waals surface area (Å²) in [5.41, 5.74) is 0.462. The molecule has 0 fully saturated rings. The van der Waals surface area contributed by atoms with Gasteiger partial charge in [0.1, 0.15) is 5.76 Å². The van der Waals surface area contributed by atoms with E-state index >= 15 is 0 Å². The van der Waals surface area contributed by atoms with Crippen molar-refractivity contribution in [2.24, 2.45) is 0 Å². The first kappa shape index (κ1) is 19.6. The molecule has 1 aromatic heterocycles. The van der Waals surface area contributed by atoms with Crippen LogP contribution in [0.5, 0.6) is 0 Å². The number of nitro groups is 1. The second-order valence-corrected chi connectivity index (χ2v) is 5.35. The number of carbonyl (C=O) groups is 3. The predicted octanol–water partition coefficient (Wildman–Crippen LogP) is 2.25. The highest BCUT2D eigenvalue weighted by atomic mass is 16.6. The van der Waals surface area contributed by atoms with Crippen molar-refractivity contribution in [3.05, 3.63) is 52.3 Å². The lowest BCUT2D eigenvalue weighted by Gasteiger charge is -2.05. The van der Waals surface area contributed by atoms with Gasteiger partial charge < -0.3 is 14.5 Å². The van der Waals surface area contributed by atoms with Crippen LogP contribution >= 0.6 is 0 Å². The number of nitrogens with zero attached hydrogens (tertiary/aromatic N) is 1. The third kappa shape index (κ3) is 5.66. The fraction of sp³-hybridized carbons (Fsp3) is 0.235. The zero-order valence-electron chi connectivity index (χ0n) is 14.4. The van der Waals surface area contributed by atoms with Crippen molar-refractivity contribution in [2.75, 3.05) is 13.2 Å². The maximum Gasteiger partial charge on any atom is 0.374 e. The maximum absolute atomic E-state index is 11.9. The van der Waals surface area contributed by atoms with Gasteiger partial charge in [0.2, 0.25) is 5.76 Å². The van der Waals surface area contributed by atoms with Crippen LogP contribution in [0.3, 0.4) is 0 Å². The van der Waals surface area contributed by atoms with Crippen LogP contribution in [0.4, 0.5) is 10.5 Å². The third-order valence-corrected chi connectivity index (χ3v) is 3.29. The topological polar surface area (TPSA) is 141 Å². The number of amides is 3. The number of furan rings is 1. The minimum atomic E-state index is -0.882. The highest BCUT2D eigenvalue weighted by Gasteiger charge is 2.16. The zero-order chi connectivity index (χ0) is 19.8. The van der Waals surface area contributed by atoms with Crippen LogP contribution < -0.4 is 10.6 Å². The molecule has 0 spiro atoms. The van der Waals surface area contributed by atoms with Gasteiger partial charge in [0.25, 0.3) is 11.6 Å². The normalized spacial score (nSPS) is 10.1. The van der Waals surface area contributed by atoms with E-state index in [4.69, 9.17) is 9.15 Å². The zero-order valence-corrected chi connectivity index (χ0v) is 14.4. The van der Waals surface area contributed by atoms with E-state index in [2.05, 4.69) is 5.32 Å². The fourth-order valence-corrected chi connectivity index (χ4v) is 2.00. The number of carbonyl (C=O) groups excluding carboxylic acids is 3. The van der Waals surface area contributed by atoms with Crippen LogP contribution in [0, 0.1) is 10.1 Å². The molecule has 10 heteroatoms. The minimum Gasteiger partial charge on any atom is -0.450 e. The summed E-state index contributed by atoms with van der Waals surface area (Å²) >= 11 is 0. The van der Waals surface area contributed by atoms with Gasteiger partial charge in [-0.15, -0.1) is 0 Å². The van der Waals surface area contributed by atoms with Crippen LogP contribution in [0.2, 0.25) is 0 Å². The van der Waals surface area contributed by atoms with Crippen LogP contribution in [-0.4, -0.2) is 36.0 Å². The van der Waals surface area contributed by atoms with E-state index in [1.54, 1.807) is 0 Å². The van der Waals surface area contributed by atoms with Crippen molar-refractivity contribution in [1.82, 2.24) is 10.6 Å². The number of benzene rings is 1. The molecule has 10 nitrogen and oxygen atoms in total. The number of nitrogens with one attached hydrogen (secondary N) is 2. The molecule has 1 aromatic carbocycles. The standard InChI is InChI=1S/C17H17N3O7/c1-2-9-18-17(23)19-15(21)10-26-16(22)14-8-7-13(27-14)11-3-5-12(6-4-11)20(24)25/h3-8H,2,9-10H2,1H3,(H2,18,19,21,23). The van der Waals surface area contributed by atoms with Crippen molar-refractivity contribution in [1.29, 1.82) is 0 Å². The first-order valence-corrected chi connectivity index (χ1v) is 8.00. The van der Waals surface area contributed by atoms with Crippen LogP contribution in [-0.2, 0) is 9.53 Å². The van der Waals surface area contributed by atoms with Crippen molar-refractivity contribution in [3.63, 3.8) is 0 Å². The fourth-order valence-electron chi connectivity index (χ4n) is 2.00. The van der Waals surface area contributed by atoms with Gasteiger partial charge in [-0.2, -0.15) is 0 Å². The molecule has 2 N–H and O–H groups in total. The van der Waals surface area contributed by atoms with E-state index in [1.807, 2.05) is 12.2 Å². The van der Waals surface area contributed by atoms with E-state index in [0.29, 0.717) is 24.3 Å². The quantitative estimate of drug-likeness (QED) is 0.429. The number of imide groups is 1. The average Bonchev–Trinajstić information content (AvgIpc) is 3.14. The molecule has 27 heavy (non-hydrogen) atoms. The first-order valence-electron chi connectivity index (χ1n) is 8.00. The number of urea groups is 1. The van der Waals surface area contributed by atoms with Gasteiger partial charge in [0.15, 0.2) is 6.61 Å². The molecule has 0 saturated heterocycles. The summed E-state index contributed by atoms with van der Waals surface area (Å²) in [6.07, 6.45) is 0.714. The number of esters is 1. The smallest absolute Gasteiger partial charge is 0.374 e. The van der Waals surface area contributed by atoms with Crippen molar-refractivity contribution in [3.8, 4) is 11.3 Å². The Morgan fingerprint density at radius 3 is 2.48 bits per heavy atom. The lowest BCUT2D eigenvalue weighted by molar-refractivity contribution is -0.384. The van der Waals surface area contributed by atoms with E-state index < -0.39 is 29.4 Å². The SMILES string of the molecule is CCCNC(=O)NC(=O)COC(=O)c1ccc(-c2ccc([N+](=O)[O-])cc2)o1. The van der Waals surface area contributed by atoms with Crippen LogP contribution in [0.25, 0.3) is 11.3 Å². The lowest BCUT2D eigenvalue weighted by Crippen LogP contribution is -2.41. The molecular weight excluding hydrogens is 358 g/mol. The van der Waals surface area contributed by atoms with Gasteiger partial charge in [0, 0.05) is 24.2 Å². The molecule has 0 aliphatic rings. The Labute approximate surface area is 153 Å². The van der Waals surface area contributed by atoms with Gasteiger partial charge in [-0.1, -0.05) is 6.92 Å². The Morgan fingerprint density at radius 1 is 1.15 bits per heavy atom.